The predicted molar refractivity (Wildman–Crippen MR) is 78.9 cm³/mol. The first-order chi connectivity index (χ1) is 9.43. The lowest BCUT2D eigenvalue weighted by Crippen LogP contribution is -2.29. The summed E-state index contributed by atoms with van der Waals surface area (Å²) < 4.78 is 0. The van der Waals surface area contributed by atoms with Gasteiger partial charge in [0.2, 0.25) is 0 Å². The summed E-state index contributed by atoms with van der Waals surface area (Å²) in [6.07, 6.45) is 0.810. The van der Waals surface area contributed by atoms with E-state index in [4.69, 9.17) is 23.1 Å². The van der Waals surface area contributed by atoms with Crippen molar-refractivity contribution in [1.29, 1.82) is 0 Å². The van der Waals surface area contributed by atoms with Gasteiger partial charge in [-0.25, -0.2) is 4.79 Å². The average Bonchev–Trinajstić information content (AvgIpc) is 2.38. The highest BCUT2D eigenvalue weighted by atomic mass is 35.5. The van der Waals surface area contributed by atoms with E-state index < -0.39 is 11.9 Å². The Kier molecular flexibility index (Phi) is 5.79. The molecule has 1 rings (SSSR count). The molecule has 0 saturated carbocycles. The summed E-state index contributed by atoms with van der Waals surface area (Å²) in [7, 11) is 0. The van der Waals surface area contributed by atoms with Crippen LogP contribution in [0.4, 0.5) is 10.5 Å². The number of carbonyl (C=O) groups is 2. The van der Waals surface area contributed by atoms with Gasteiger partial charge in [-0.1, -0.05) is 18.5 Å². The van der Waals surface area contributed by atoms with Crippen LogP contribution in [0.3, 0.4) is 0 Å². The number of rotatable bonds is 4. The molecule has 0 aliphatic rings. The fraction of sp³-hybridized carbons (Fsp3) is 0.250. The van der Waals surface area contributed by atoms with Crippen LogP contribution in [0.25, 0.3) is 0 Å². The van der Waals surface area contributed by atoms with Gasteiger partial charge >= 0.3 is 6.03 Å². The first-order valence-corrected chi connectivity index (χ1v) is 6.30. The van der Waals surface area contributed by atoms with Gasteiger partial charge in [0.25, 0.3) is 5.91 Å². The van der Waals surface area contributed by atoms with Crippen LogP contribution in [0.15, 0.2) is 23.2 Å². The monoisotopic (exact) mass is 297 g/mol. The average molecular weight is 298 g/mol. The van der Waals surface area contributed by atoms with Gasteiger partial charge in [0.15, 0.2) is 5.96 Å². The van der Waals surface area contributed by atoms with Crippen molar-refractivity contribution in [2.24, 2.45) is 16.5 Å². The molecule has 20 heavy (non-hydrogen) atoms. The number of nitrogens with zero attached hydrogens (tertiary/aromatic N) is 1. The molecule has 6 N–H and O–H groups in total. The number of urea groups is 1. The molecule has 0 fully saturated rings. The Balaban J connectivity index is 2.89. The molecule has 0 saturated heterocycles. The highest BCUT2D eigenvalue weighted by Gasteiger charge is 2.10. The molecule has 0 unspecified atom stereocenters. The summed E-state index contributed by atoms with van der Waals surface area (Å²) in [5.74, 6) is -0.946. The largest absolute Gasteiger partial charge is 0.370 e. The number of benzene rings is 1. The first kappa shape index (κ1) is 15.8. The second-order valence-corrected chi connectivity index (χ2v) is 4.32. The van der Waals surface area contributed by atoms with Crippen LogP contribution in [0, 0.1) is 0 Å². The van der Waals surface area contributed by atoms with Crippen LogP contribution in [-0.2, 0) is 0 Å². The van der Waals surface area contributed by atoms with E-state index in [1.54, 1.807) is 0 Å². The Morgan fingerprint density at radius 2 is 2.05 bits per heavy atom. The Hall–Kier alpha value is -2.28. The number of amides is 3. The Labute approximate surface area is 121 Å². The van der Waals surface area contributed by atoms with Gasteiger partial charge in [0, 0.05) is 12.1 Å². The maximum atomic E-state index is 11.7. The third-order valence-electron chi connectivity index (χ3n) is 2.23. The highest BCUT2D eigenvalue weighted by molar-refractivity contribution is 6.33. The quantitative estimate of drug-likeness (QED) is 0.494. The van der Waals surface area contributed by atoms with Crippen LogP contribution < -0.4 is 22.1 Å². The molecule has 3 amide bonds. The Morgan fingerprint density at radius 1 is 1.35 bits per heavy atom. The van der Waals surface area contributed by atoms with E-state index in [1.807, 2.05) is 6.92 Å². The Morgan fingerprint density at radius 3 is 2.65 bits per heavy atom. The zero-order chi connectivity index (χ0) is 15.1. The van der Waals surface area contributed by atoms with Crippen LogP contribution in [0.1, 0.15) is 23.7 Å². The molecule has 108 valence electrons. The number of nitrogens with two attached hydrogens (primary N) is 2. The second-order valence-electron chi connectivity index (χ2n) is 3.92. The third kappa shape index (κ3) is 4.77. The standard InChI is InChI=1S/C12H16ClN5O2/c1-2-5-16-12(20)17-9-6-7(3-4-8(9)13)10(19)18-11(14)15/h3-4,6H,2,5H2,1H3,(H2,16,17,20)(H4,14,15,18,19). The van der Waals surface area contributed by atoms with Crippen molar-refractivity contribution < 1.29 is 9.59 Å². The first-order valence-electron chi connectivity index (χ1n) is 5.92. The summed E-state index contributed by atoms with van der Waals surface area (Å²) in [6, 6.07) is 3.95. The van der Waals surface area contributed by atoms with E-state index in [2.05, 4.69) is 15.6 Å². The number of carbonyl (C=O) groups excluding carboxylic acids is 2. The second kappa shape index (κ2) is 7.34. The molecule has 0 heterocycles. The number of nitrogens with one attached hydrogen (secondary N) is 2. The van der Waals surface area contributed by atoms with Crippen molar-refractivity contribution >= 4 is 35.2 Å². The number of halogens is 1. The van der Waals surface area contributed by atoms with Crippen LogP contribution in [0.2, 0.25) is 5.02 Å². The lowest BCUT2D eigenvalue weighted by Gasteiger charge is -2.09. The normalized spacial score (nSPS) is 9.70. The number of hydrogen-bond acceptors (Lipinski definition) is 2. The van der Waals surface area contributed by atoms with Gasteiger partial charge in [-0.05, 0) is 24.6 Å². The van der Waals surface area contributed by atoms with Gasteiger partial charge in [-0.2, -0.15) is 4.99 Å². The van der Waals surface area contributed by atoms with Gasteiger partial charge < -0.3 is 22.1 Å². The molecule has 7 nitrogen and oxygen atoms in total. The smallest absolute Gasteiger partial charge is 0.319 e. The molecule has 0 spiro atoms. The SMILES string of the molecule is CCCNC(=O)Nc1cc(C(=O)N=C(N)N)ccc1Cl. The molecule has 1 aromatic carbocycles. The molecule has 0 aliphatic carbocycles. The fourth-order valence-electron chi connectivity index (χ4n) is 1.34. The third-order valence-corrected chi connectivity index (χ3v) is 2.56. The number of anilines is 1. The van der Waals surface area contributed by atoms with E-state index in [9.17, 15) is 9.59 Å². The molecule has 1 aromatic rings. The number of hydrogen-bond donors (Lipinski definition) is 4. The summed E-state index contributed by atoms with van der Waals surface area (Å²) in [5.41, 5.74) is 10.8. The predicted octanol–water partition coefficient (Wildman–Crippen LogP) is 1.29. The Bertz CT molecular complexity index is 541. The van der Waals surface area contributed by atoms with E-state index >= 15 is 0 Å². The van der Waals surface area contributed by atoms with Crippen molar-refractivity contribution in [1.82, 2.24) is 5.32 Å². The molecule has 0 atom stereocenters. The summed E-state index contributed by atoms with van der Waals surface area (Å²) in [6.45, 7) is 2.47. The van der Waals surface area contributed by atoms with E-state index in [1.165, 1.54) is 18.2 Å². The lowest BCUT2D eigenvalue weighted by molar-refractivity contribution is 0.100. The molecule has 0 radical (unpaired) electrons. The fourth-order valence-corrected chi connectivity index (χ4v) is 1.51. The zero-order valence-corrected chi connectivity index (χ0v) is 11.7. The van der Waals surface area contributed by atoms with E-state index in [0.29, 0.717) is 17.3 Å². The molecule has 8 heteroatoms. The molecule has 0 aromatic heterocycles. The lowest BCUT2D eigenvalue weighted by atomic mass is 10.2. The number of aliphatic imine (C=N–C) groups is 1. The molecular formula is C12H16ClN5O2. The number of guanidine groups is 1. The maximum Gasteiger partial charge on any atom is 0.319 e. The minimum atomic E-state index is -0.612. The van der Waals surface area contributed by atoms with Gasteiger partial charge in [0.05, 0.1) is 10.7 Å². The van der Waals surface area contributed by atoms with Gasteiger partial charge in [-0.15, -0.1) is 0 Å². The topological polar surface area (TPSA) is 123 Å². The molecular weight excluding hydrogens is 282 g/mol. The van der Waals surface area contributed by atoms with Crippen molar-refractivity contribution in [2.45, 2.75) is 13.3 Å². The van der Waals surface area contributed by atoms with E-state index in [0.717, 1.165) is 6.42 Å². The maximum absolute atomic E-state index is 11.7. The van der Waals surface area contributed by atoms with Crippen molar-refractivity contribution in [3.8, 4) is 0 Å². The zero-order valence-electron chi connectivity index (χ0n) is 10.9. The minimum Gasteiger partial charge on any atom is -0.370 e. The van der Waals surface area contributed by atoms with Crippen molar-refractivity contribution in [2.75, 3.05) is 11.9 Å². The highest BCUT2D eigenvalue weighted by Crippen LogP contribution is 2.23. The summed E-state index contributed by atoms with van der Waals surface area (Å²) in [5, 5.41) is 5.48. The summed E-state index contributed by atoms with van der Waals surface area (Å²) in [4.78, 5) is 26.6. The van der Waals surface area contributed by atoms with Crippen molar-refractivity contribution in [3.63, 3.8) is 0 Å². The van der Waals surface area contributed by atoms with Crippen molar-refractivity contribution in [3.05, 3.63) is 28.8 Å². The van der Waals surface area contributed by atoms with E-state index in [-0.39, 0.29) is 11.5 Å². The molecule has 0 aliphatic heterocycles. The molecule has 0 bridgehead atoms. The minimum absolute atomic E-state index is 0.216. The van der Waals surface area contributed by atoms with Crippen LogP contribution in [0.5, 0.6) is 0 Å². The van der Waals surface area contributed by atoms with Crippen LogP contribution >= 0.6 is 11.6 Å². The van der Waals surface area contributed by atoms with Gasteiger partial charge in [-0.3, -0.25) is 4.79 Å². The van der Waals surface area contributed by atoms with Gasteiger partial charge in [0.1, 0.15) is 0 Å². The van der Waals surface area contributed by atoms with Crippen LogP contribution in [-0.4, -0.2) is 24.4 Å². The summed E-state index contributed by atoms with van der Waals surface area (Å²) >= 11 is 5.95.